The van der Waals surface area contributed by atoms with E-state index < -0.39 is 16.7 Å². The highest BCUT2D eigenvalue weighted by molar-refractivity contribution is 6.32. The molecule has 2 aromatic heterocycles. The van der Waals surface area contributed by atoms with Gasteiger partial charge in [-0.3, -0.25) is 0 Å². The molecule has 28 heavy (non-hydrogen) atoms. The van der Waals surface area contributed by atoms with Crippen LogP contribution in [0.2, 0.25) is 5.02 Å². The second-order valence-corrected chi connectivity index (χ2v) is 5.93. The zero-order valence-electron chi connectivity index (χ0n) is 14.9. The maximum atomic E-state index is 12.0. The number of nitro groups is 1. The highest BCUT2D eigenvalue weighted by atomic mass is 35.5. The van der Waals surface area contributed by atoms with Gasteiger partial charge in [-0.1, -0.05) is 23.7 Å². The molecule has 1 N–H and O–H groups in total. The lowest BCUT2D eigenvalue weighted by Gasteiger charge is -2.09. The number of hydrogen-bond acceptors (Lipinski definition) is 8. The van der Waals surface area contributed by atoms with Gasteiger partial charge in [0.15, 0.2) is 10.7 Å². The molecule has 0 fully saturated rings. The van der Waals surface area contributed by atoms with Gasteiger partial charge >= 0.3 is 11.8 Å². The van der Waals surface area contributed by atoms with E-state index in [0.717, 1.165) is 0 Å². The molecule has 0 amide bonds. The minimum atomic E-state index is -0.652. The summed E-state index contributed by atoms with van der Waals surface area (Å²) in [4.78, 5) is 22.2. The molecule has 11 nitrogen and oxygen atoms in total. The van der Waals surface area contributed by atoms with Crippen molar-refractivity contribution in [2.75, 3.05) is 13.7 Å². The van der Waals surface area contributed by atoms with Crippen LogP contribution in [0.5, 0.6) is 5.75 Å². The number of halogens is 1. The van der Waals surface area contributed by atoms with E-state index in [1.807, 2.05) is 0 Å². The monoisotopic (exact) mass is 406 g/mol. The first kappa shape index (κ1) is 19.3. The summed E-state index contributed by atoms with van der Waals surface area (Å²) in [6.07, 6.45) is 1.36. The molecule has 12 heteroatoms. The first-order valence-corrected chi connectivity index (χ1v) is 8.44. The number of methoxy groups -OCH3 is 1. The molecule has 0 unspecified atom stereocenters. The SMILES string of the molecule is CCOC(=O)c1n[nH]nc1-c1ccc(Cn2cc(Cl)c([N+](=O)[O-])n2)c(OC)c1. The van der Waals surface area contributed by atoms with Crippen molar-refractivity contribution in [3.05, 3.63) is 50.8 Å². The molecule has 0 saturated carbocycles. The minimum absolute atomic E-state index is 0.0535. The molecule has 0 aliphatic carbocycles. The van der Waals surface area contributed by atoms with Gasteiger partial charge in [-0.15, -0.1) is 5.10 Å². The maximum Gasteiger partial charge on any atom is 0.408 e. The maximum absolute atomic E-state index is 12.0. The second kappa shape index (κ2) is 8.05. The normalized spacial score (nSPS) is 10.7. The fourth-order valence-electron chi connectivity index (χ4n) is 2.56. The Morgan fingerprint density at radius 1 is 1.39 bits per heavy atom. The molecular formula is C16H15ClN6O5. The van der Waals surface area contributed by atoms with Gasteiger partial charge in [-0.25, -0.2) is 4.79 Å². The number of carbonyl (C=O) groups excluding carboxylic acids is 1. The Kier molecular flexibility index (Phi) is 5.54. The van der Waals surface area contributed by atoms with Crippen LogP contribution < -0.4 is 4.74 Å². The number of carbonyl (C=O) groups is 1. The summed E-state index contributed by atoms with van der Waals surface area (Å²) in [7, 11) is 1.48. The zero-order valence-corrected chi connectivity index (χ0v) is 15.6. The third-order valence-electron chi connectivity index (χ3n) is 3.78. The van der Waals surface area contributed by atoms with Crippen LogP contribution in [0.4, 0.5) is 5.82 Å². The van der Waals surface area contributed by atoms with E-state index in [2.05, 4.69) is 20.5 Å². The van der Waals surface area contributed by atoms with Crippen molar-refractivity contribution >= 4 is 23.4 Å². The Balaban J connectivity index is 1.92. The number of nitrogens with one attached hydrogen (secondary N) is 1. The number of esters is 1. The lowest BCUT2D eigenvalue weighted by Crippen LogP contribution is -2.07. The minimum Gasteiger partial charge on any atom is -0.496 e. The zero-order chi connectivity index (χ0) is 20.3. The van der Waals surface area contributed by atoms with E-state index in [4.69, 9.17) is 21.1 Å². The highest BCUT2D eigenvalue weighted by Crippen LogP contribution is 2.29. The van der Waals surface area contributed by atoms with E-state index in [0.29, 0.717) is 22.6 Å². The number of hydrogen-bond donors (Lipinski definition) is 1. The Labute approximate surface area is 163 Å². The molecule has 0 aliphatic rings. The predicted octanol–water partition coefficient (Wildman–Crippen LogP) is 2.46. The topological polar surface area (TPSA) is 138 Å². The van der Waals surface area contributed by atoms with E-state index in [1.54, 1.807) is 25.1 Å². The Hall–Kier alpha value is -3.47. The third-order valence-corrected chi connectivity index (χ3v) is 4.05. The Bertz CT molecular complexity index is 1030. The number of benzene rings is 1. The van der Waals surface area contributed by atoms with Crippen molar-refractivity contribution in [2.24, 2.45) is 0 Å². The van der Waals surface area contributed by atoms with Crippen molar-refractivity contribution in [3.8, 4) is 17.0 Å². The van der Waals surface area contributed by atoms with Gasteiger partial charge < -0.3 is 19.6 Å². The molecule has 0 saturated heterocycles. The number of ether oxygens (including phenoxy) is 2. The quantitative estimate of drug-likeness (QED) is 0.358. The molecule has 0 spiro atoms. The van der Waals surface area contributed by atoms with Crippen LogP contribution in [0.1, 0.15) is 23.0 Å². The summed E-state index contributed by atoms with van der Waals surface area (Å²) in [6, 6.07) is 5.13. The van der Waals surface area contributed by atoms with E-state index in [-0.39, 0.29) is 23.9 Å². The van der Waals surface area contributed by atoms with Gasteiger partial charge in [-0.2, -0.15) is 15.0 Å². The second-order valence-electron chi connectivity index (χ2n) is 5.52. The van der Waals surface area contributed by atoms with Gasteiger partial charge in [-0.05, 0) is 17.9 Å². The number of rotatable bonds is 7. The molecule has 1 aromatic carbocycles. The molecule has 3 rings (SSSR count). The summed E-state index contributed by atoms with van der Waals surface area (Å²) in [5.41, 5.74) is 1.66. The van der Waals surface area contributed by atoms with Crippen molar-refractivity contribution in [1.29, 1.82) is 0 Å². The van der Waals surface area contributed by atoms with Crippen molar-refractivity contribution in [2.45, 2.75) is 13.5 Å². The van der Waals surface area contributed by atoms with Crippen molar-refractivity contribution < 1.29 is 19.2 Å². The van der Waals surface area contributed by atoms with E-state index >= 15 is 0 Å². The summed E-state index contributed by atoms with van der Waals surface area (Å²) < 4.78 is 11.7. The highest BCUT2D eigenvalue weighted by Gasteiger charge is 2.22. The standard InChI is InChI=1S/C16H15ClN6O5/c1-3-28-16(24)14-13(18-21-19-14)9-4-5-10(12(6-9)27-2)7-22-8-11(17)15(20-22)23(25)26/h4-6,8H,3,7H2,1-2H3,(H,18,19,21). The van der Waals surface area contributed by atoms with Crippen LogP contribution in [0.25, 0.3) is 11.3 Å². The smallest absolute Gasteiger partial charge is 0.408 e. The van der Waals surface area contributed by atoms with Crippen LogP contribution in [-0.4, -0.2) is 49.8 Å². The molecule has 0 atom stereocenters. The van der Waals surface area contributed by atoms with Crippen molar-refractivity contribution in [3.63, 3.8) is 0 Å². The van der Waals surface area contributed by atoms with Gasteiger partial charge in [0.05, 0.1) is 31.6 Å². The van der Waals surface area contributed by atoms with Crippen molar-refractivity contribution in [1.82, 2.24) is 25.2 Å². The summed E-state index contributed by atoms with van der Waals surface area (Å²) in [5, 5.41) is 25.0. The van der Waals surface area contributed by atoms with Gasteiger partial charge in [0.2, 0.25) is 0 Å². The molecule has 2 heterocycles. The van der Waals surface area contributed by atoms with Gasteiger partial charge in [0.25, 0.3) is 0 Å². The Morgan fingerprint density at radius 2 is 2.18 bits per heavy atom. The molecule has 0 bridgehead atoms. The fraction of sp³-hybridized carbons (Fsp3) is 0.250. The summed E-state index contributed by atoms with van der Waals surface area (Å²) in [6.45, 7) is 2.11. The molecule has 0 aliphatic heterocycles. The molecule has 0 radical (unpaired) electrons. The van der Waals surface area contributed by atoms with Crippen LogP contribution in [0.3, 0.4) is 0 Å². The van der Waals surface area contributed by atoms with Crippen LogP contribution in [0.15, 0.2) is 24.4 Å². The average Bonchev–Trinajstić information content (AvgIpc) is 3.29. The van der Waals surface area contributed by atoms with Gasteiger partial charge in [0, 0.05) is 11.1 Å². The van der Waals surface area contributed by atoms with Crippen LogP contribution in [0, 0.1) is 10.1 Å². The largest absolute Gasteiger partial charge is 0.496 e. The number of aromatic amines is 1. The van der Waals surface area contributed by atoms with E-state index in [1.165, 1.54) is 18.0 Å². The van der Waals surface area contributed by atoms with Crippen LogP contribution in [-0.2, 0) is 11.3 Å². The number of nitrogens with zero attached hydrogens (tertiary/aromatic N) is 5. The first-order valence-electron chi connectivity index (χ1n) is 8.07. The average molecular weight is 407 g/mol. The van der Waals surface area contributed by atoms with E-state index in [9.17, 15) is 14.9 Å². The summed E-state index contributed by atoms with van der Waals surface area (Å²) in [5.74, 6) is -0.531. The predicted molar refractivity (Wildman–Crippen MR) is 97.3 cm³/mol. The number of H-pyrrole nitrogens is 1. The molecule has 3 aromatic rings. The first-order chi connectivity index (χ1) is 13.4. The molecule has 146 valence electrons. The van der Waals surface area contributed by atoms with Gasteiger partial charge in [0.1, 0.15) is 11.4 Å². The Morgan fingerprint density at radius 3 is 2.82 bits per heavy atom. The molecular weight excluding hydrogens is 392 g/mol. The summed E-state index contributed by atoms with van der Waals surface area (Å²) >= 11 is 5.83. The lowest BCUT2D eigenvalue weighted by molar-refractivity contribution is -0.389. The number of aromatic nitrogens is 5. The lowest BCUT2D eigenvalue weighted by atomic mass is 10.1. The van der Waals surface area contributed by atoms with Crippen LogP contribution >= 0.6 is 11.6 Å². The fourth-order valence-corrected chi connectivity index (χ4v) is 2.78. The third kappa shape index (κ3) is 3.78.